The number of aromatic amines is 1. The summed E-state index contributed by atoms with van der Waals surface area (Å²) in [6.07, 6.45) is 1.92. The zero-order valence-electron chi connectivity index (χ0n) is 11.7. The molecule has 102 valence electrons. The van der Waals surface area contributed by atoms with Crippen molar-refractivity contribution in [2.24, 2.45) is 5.73 Å². The number of aryl methyl sites for hydroxylation is 3. The summed E-state index contributed by atoms with van der Waals surface area (Å²) in [7, 11) is 0. The van der Waals surface area contributed by atoms with Gasteiger partial charge in [0.15, 0.2) is 0 Å². The van der Waals surface area contributed by atoms with Gasteiger partial charge in [-0.3, -0.25) is 0 Å². The molecule has 0 spiro atoms. The third-order valence-corrected chi connectivity index (χ3v) is 3.60. The third kappa shape index (κ3) is 2.58. The second kappa shape index (κ2) is 5.47. The zero-order chi connectivity index (χ0) is 13.9. The van der Waals surface area contributed by atoms with Crippen molar-refractivity contribution >= 4 is 11.0 Å². The predicted molar refractivity (Wildman–Crippen MR) is 82.6 cm³/mol. The number of nitrogens with two attached hydrogens (primary N) is 1. The first-order valence-electron chi connectivity index (χ1n) is 6.98. The molecule has 0 saturated heterocycles. The van der Waals surface area contributed by atoms with E-state index in [2.05, 4.69) is 47.2 Å². The molecule has 0 atom stereocenters. The number of nitrogens with one attached hydrogen (secondary N) is 1. The predicted octanol–water partition coefficient (Wildman–Crippen LogP) is 3.12. The van der Waals surface area contributed by atoms with Crippen LogP contribution in [0.2, 0.25) is 0 Å². The van der Waals surface area contributed by atoms with Gasteiger partial charge >= 0.3 is 0 Å². The molecule has 3 heteroatoms. The molecule has 2 aromatic carbocycles. The SMILES string of the molecule is Cc1cccc(CCc2nc3c(CN)cccc3[nH]2)c1. The normalized spacial score (nSPS) is 11.1. The molecule has 0 amide bonds. The van der Waals surface area contributed by atoms with Gasteiger partial charge in [-0.15, -0.1) is 0 Å². The molecular formula is C17H19N3. The van der Waals surface area contributed by atoms with Crippen LogP contribution < -0.4 is 5.73 Å². The molecule has 3 aromatic rings. The number of fused-ring (bicyclic) bond motifs is 1. The highest BCUT2D eigenvalue weighted by molar-refractivity contribution is 5.78. The number of aromatic nitrogens is 2. The van der Waals surface area contributed by atoms with E-state index in [1.54, 1.807) is 0 Å². The molecule has 0 radical (unpaired) electrons. The molecule has 3 nitrogen and oxygen atoms in total. The summed E-state index contributed by atoms with van der Waals surface area (Å²) in [4.78, 5) is 8.07. The van der Waals surface area contributed by atoms with Crippen LogP contribution in [0.1, 0.15) is 22.5 Å². The van der Waals surface area contributed by atoms with E-state index in [0.717, 1.165) is 35.3 Å². The van der Waals surface area contributed by atoms with E-state index in [9.17, 15) is 0 Å². The molecule has 1 aromatic heterocycles. The molecular weight excluding hydrogens is 246 g/mol. The van der Waals surface area contributed by atoms with Gasteiger partial charge in [-0.1, -0.05) is 42.0 Å². The lowest BCUT2D eigenvalue weighted by Crippen LogP contribution is -1.97. The van der Waals surface area contributed by atoms with Crippen molar-refractivity contribution in [2.75, 3.05) is 0 Å². The summed E-state index contributed by atoms with van der Waals surface area (Å²) in [5, 5.41) is 0. The highest BCUT2D eigenvalue weighted by Crippen LogP contribution is 2.17. The number of benzene rings is 2. The molecule has 20 heavy (non-hydrogen) atoms. The standard InChI is InChI=1S/C17H19N3/c1-12-4-2-5-13(10-12)8-9-16-19-15-7-3-6-14(11-18)17(15)20-16/h2-7,10H,8-9,11,18H2,1H3,(H,19,20). The summed E-state index contributed by atoms with van der Waals surface area (Å²) in [6.45, 7) is 2.65. The molecule has 0 aliphatic carbocycles. The summed E-state index contributed by atoms with van der Waals surface area (Å²) in [5.74, 6) is 1.03. The van der Waals surface area contributed by atoms with Crippen molar-refractivity contribution in [3.8, 4) is 0 Å². The van der Waals surface area contributed by atoms with Crippen LogP contribution in [0.3, 0.4) is 0 Å². The van der Waals surface area contributed by atoms with Gasteiger partial charge in [0.1, 0.15) is 5.82 Å². The van der Waals surface area contributed by atoms with Gasteiger partial charge in [0, 0.05) is 13.0 Å². The van der Waals surface area contributed by atoms with Crippen LogP contribution in [0.4, 0.5) is 0 Å². The minimum absolute atomic E-state index is 0.527. The van der Waals surface area contributed by atoms with E-state index < -0.39 is 0 Å². The maximum atomic E-state index is 5.75. The fourth-order valence-electron chi connectivity index (χ4n) is 2.56. The van der Waals surface area contributed by atoms with E-state index in [1.807, 2.05) is 12.1 Å². The fraction of sp³-hybridized carbons (Fsp3) is 0.235. The van der Waals surface area contributed by atoms with E-state index in [0.29, 0.717) is 6.54 Å². The molecule has 1 heterocycles. The maximum absolute atomic E-state index is 5.75. The second-order valence-electron chi connectivity index (χ2n) is 5.19. The number of hydrogen-bond donors (Lipinski definition) is 2. The lowest BCUT2D eigenvalue weighted by Gasteiger charge is -2.00. The highest BCUT2D eigenvalue weighted by Gasteiger charge is 2.06. The molecule has 0 bridgehead atoms. The first kappa shape index (κ1) is 12.9. The zero-order valence-corrected chi connectivity index (χ0v) is 11.7. The van der Waals surface area contributed by atoms with Crippen molar-refractivity contribution in [1.82, 2.24) is 9.97 Å². The van der Waals surface area contributed by atoms with Crippen LogP contribution >= 0.6 is 0 Å². The molecule has 3 N–H and O–H groups in total. The second-order valence-corrected chi connectivity index (χ2v) is 5.19. The van der Waals surface area contributed by atoms with E-state index in [4.69, 9.17) is 5.73 Å². The van der Waals surface area contributed by atoms with Crippen LogP contribution in [0, 0.1) is 6.92 Å². The number of rotatable bonds is 4. The molecule has 0 unspecified atom stereocenters. The first-order chi connectivity index (χ1) is 9.76. The summed E-state index contributed by atoms with van der Waals surface area (Å²) >= 11 is 0. The van der Waals surface area contributed by atoms with Gasteiger partial charge in [-0.2, -0.15) is 0 Å². The van der Waals surface area contributed by atoms with Crippen molar-refractivity contribution in [2.45, 2.75) is 26.3 Å². The molecule has 0 aliphatic heterocycles. The Morgan fingerprint density at radius 3 is 2.75 bits per heavy atom. The Kier molecular flexibility index (Phi) is 3.52. The molecule has 0 saturated carbocycles. The average molecular weight is 265 g/mol. The monoisotopic (exact) mass is 265 g/mol. The minimum atomic E-state index is 0.527. The lowest BCUT2D eigenvalue weighted by atomic mass is 10.1. The summed E-state index contributed by atoms with van der Waals surface area (Å²) < 4.78 is 0. The van der Waals surface area contributed by atoms with Gasteiger partial charge in [-0.25, -0.2) is 4.98 Å². The Bertz CT molecular complexity index is 728. The fourth-order valence-corrected chi connectivity index (χ4v) is 2.56. The quantitative estimate of drug-likeness (QED) is 0.761. The first-order valence-corrected chi connectivity index (χ1v) is 6.98. The number of nitrogens with zero attached hydrogens (tertiary/aromatic N) is 1. The Balaban J connectivity index is 1.81. The van der Waals surface area contributed by atoms with Crippen molar-refractivity contribution in [3.05, 3.63) is 65.0 Å². The smallest absolute Gasteiger partial charge is 0.107 e. The summed E-state index contributed by atoms with van der Waals surface area (Å²) in [5.41, 5.74) is 11.6. The Labute approximate surface area is 118 Å². The number of H-pyrrole nitrogens is 1. The topological polar surface area (TPSA) is 54.7 Å². The van der Waals surface area contributed by atoms with Crippen molar-refractivity contribution in [3.63, 3.8) is 0 Å². The summed E-state index contributed by atoms with van der Waals surface area (Å²) in [6, 6.07) is 14.7. The maximum Gasteiger partial charge on any atom is 0.107 e. The van der Waals surface area contributed by atoms with Crippen molar-refractivity contribution in [1.29, 1.82) is 0 Å². The molecule has 0 fully saturated rings. The highest BCUT2D eigenvalue weighted by atomic mass is 14.9. The van der Waals surface area contributed by atoms with Crippen LogP contribution in [-0.4, -0.2) is 9.97 Å². The lowest BCUT2D eigenvalue weighted by molar-refractivity contribution is 0.888. The molecule has 0 aliphatic rings. The number of imidazole rings is 1. The molecule has 3 rings (SSSR count). The van der Waals surface area contributed by atoms with Gasteiger partial charge in [0.25, 0.3) is 0 Å². The van der Waals surface area contributed by atoms with E-state index >= 15 is 0 Å². The number of para-hydroxylation sites is 1. The van der Waals surface area contributed by atoms with Crippen LogP contribution in [0.15, 0.2) is 42.5 Å². The van der Waals surface area contributed by atoms with Crippen LogP contribution in [0.5, 0.6) is 0 Å². The number of hydrogen-bond acceptors (Lipinski definition) is 2. The Morgan fingerprint density at radius 1 is 1.10 bits per heavy atom. The van der Waals surface area contributed by atoms with E-state index in [1.165, 1.54) is 11.1 Å². The van der Waals surface area contributed by atoms with Gasteiger partial charge in [0.2, 0.25) is 0 Å². The van der Waals surface area contributed by atoms with E-state index in [-0.39, 0.29) is 0 Å². The van der Waals surface area contributed by atoms with Crippen LogP contribution in [-0.2, 0) is 19.4 Å². The Hall–Kier alpha value is -2.13. The Morgan fingerprint density at radius 2 is 1.95 bits per heavy atom. The van der Waals surface area contributed by atoms with Crippen molar-refractivity contribution < 1.29 is 0 Å². The third-order valence-electron chi connectivity index (χ3n) is 3.60. The van der Waals surface area contributed by atoms with Crippen LogP contribution in [0.25, 0.3) is 11.0 Å². The van der Waals surface area contributed by atoms with Gasteiger partial charge in [0.05, 0.1) is 11.0 Å². The van der Waals surface area contributed by atoms with Gasteiger partial charge in [-0.05, 0) is 30.5 Å². The average Bonchev–Trinajstić information content (AvgIpc) is 2.88. The largest absolute Gasteiger partial charge is 0.342 e. The van der Waals surface area contributed by atoms with Gasteiger partial charge < -0.3 is 10.7 Å². The minimum Gasteiger partial charge on any atom is -0.342 e.